The number of rotatable bonds is 5. The molecule has 1 heterocycles. The molecular weight excluding hydrogens is 246 g/mol. The van der Waals surface area contributed by atoms with E-state index in [-0.39, 0.29) is 5.54 Å². The highest BCUT2D eigenvalue weighted by Gasteiger charge is 2.42. The molecule has 2 heteroatoms. The summed E-state index contributed by atoms with van der Waals surface area (Å²) in [7, 11) is 0. The molecule has 112 valence electrons. The molecule has 1 aliphatic heterocycles. The van der Waals surface area contributed by atoms with E-state index in [4.69, 9.17) is 0 Å². The highest BCUT2D eigenvalue weighted by atomic mass is 16.3. The normalized spacial score (nSPS) is 18.4. The van der Waals surface area contributed by atoms with Gasteiger partial charge in [-0.1, -0.05) is 37.6 Å². The summed E-state index contributed by atoms with van der Waals surface area (Å²) in [5, 5.41) is 11.2. The summed E-state index contributed by atoms with van der Waals surface area (Å²) in [6, 6.07) is 6.42. The summed E-state index contributed by atoms with van der Waals surface area (Å²) in [6.45, 7) is 10.9. The molecule has 2 nitrogen and oxygen atoms in total. The van der Waals surface area contributed by atoms with E-state index in [1.165, 1.54) is 24.0 Å². The van der Waals surface area contributed by atoms with Crippen molar-refractivity contribution in [3.8, 4) is 0 Å². The zero-order valence-electron chi connectivity index (χ0n) is 13.4. The third kappa shape index (κ3) is 2.64. The van der Waals surface area contributed by atoms with E-state index in [2.05, 4.69) is 50.8 Å². The van der Waals surface area contributed by atoms with Gasteiger partial charge in [0.1, 0.15) is 0 Å². The first-order valence-electron chi connectivity index (χ1n) is 8.05. The molecule has 20 heavy (non-hydrogen) atoms. The predicted octanol–water partition coefficient (Wildman–Crippen LogP) is 3.99. The summed E-state index contributed by atoms with van der Waals surface area (Å²) < 4.78 is 0. The number of aliphatic hydroxyl groups excluding tert-OH is 1. The van der Waals surface area contributed by atoms with Gasteiger partial charge in [0.05, 0.1) is 11.6 Å². The highest BCUT2D eigenvalue weighted by molar-refractivity contribution is 5.34. The lowest BCUT2D eigenvalue weighted by Crippen LogP contribution is -2.51. The fraction of sp³-hybridized carbons (Fsp3) is 0.667. The molecule has 1 fully saturated rings. The van der Waals surface area contributed by atoms with E-state index < -0.39 is 6.10 Å². The van der Waals surface area contributed by atoms with E-state index in [0.717, 1.165) is 31.5 Å². The summed E-state index contributed by atoms with van der Waals surface area (Å²) in [5.41, 5.74) is 3.44. The first kappa shape index (κ1) is 15.5. The molecular formula is C18H29NO. The van der Waals surface area contributed by atoms with Crippen LogP contribution in [0.5, 0.6) is 0 Å². The molecule has 0 aliphatic carbocycles. The van der Waals surface area contributed by atoms with Gasteiger partial charge < -0.3 is 5.11 Å². The van der Waals surface area contributed by atoms with Gasteiger partial charge in [-0.2, -0.15) is 0 Å². The van der Waals surface area contributed by atoms with Crippen molar-refractivity contribution in [3.05, 3.63) is 34.9 Å². The lowest BCUT2D eigenvalue weighted by Gasteiger charge is -2.45. The maximum Gasteiger partial charge on any atom is 0.0976 e. The molecule has 0 aromatic heterocycles. The SMILES string of the molecule is CCC(CC)(C(O)c1cc(C)ccc1C)N1CCCC1. The molecule has 1 aromatic rings. The van der Waals surface area contributed by atoms with Gasteiger partial charge in [-0.15, -0.1) is 0 Å². The Morgan fingerprint density at radius 2 is 1.75 bits per heavy atom. The molecule has 0 amide bonds. The molecule has 1 unspecified atom stereocenters. The van der Waals surface area contributed by atoms with Crippen LogP contribution in [0.15, 0.2) is 18.2 Å². The first-order valence-corrected chi connectivity index (χ1v) is 8.05. The van der Waals surface area contributed by atoms with Crippen LogP contribution in [0, 0.1) is 13.8 Å². The van der Waals surface area contributed by atoms with Gasteiger partial charge >= 0.3 is 0 Å². The van der Waals surface area contributed by atoms with Crippen LogP contribution in [0.3, 0.4) is 0 Å². The number of benzene rings is 1. The minimum Gasteiger partial charge on any atom is -0.386 e. The van der Waals surface area contributed by atoms with Gasteiger partial charge in [-0.05, 0) is 63.7 Å². The third-order valence-corrected chi connectivity index (χ3v) is 5.20. The predicted molar refractivity (Wildman–Crippen MR) is 85.0 cm³/mol. The second-order valence-corrected chi connectivity index (χ2v) is 6.27. The summed E-state index contributed by atoms with van der Waals surface area (Å²) in [6.07, 6.45) is 4.13. The number of aryl methyl sites for hydroxylation is 2. The molecule has 1 N–H and O–H groups in total. The van der Waals surface area contributed by atoms with E-state index in [0.29, 0.717) is 0 Å². The maximum atomic E-state index is 11.2. The maximum absolute atomic E-state index is 11.2. The Labute approximate surface area is 123 Å². The molecule has 0 radical (unpaired) electrons. The summed E-state index contributed by atoms with van der Waals surface area (Å²) >= 11 is 0. The van der Waals surface area contributed by atoms with Gasteiger partial charge in [-0.25, -0.2) is 0 Å². The zero-order valence-corrected chi connectivity index (χ0v) is 13.4. The number of hydrogen-bond donors (Lipinski definition) is 1. The van der Waals surface area contributed by atoms with Crippen LogP contribution in [-0.4, -0.2) is 28.6 Å². The fourth-order valence-electron chi connectivity index (χ4n) is 3.76. The Morgan fingerprint density at radius 1 is 1.15 bits per heavy atom. The minimum absolute atomic E-state index is 0.102. The summed E-state index contributed by atoms with van der Waals surface area (Å²) in [4.78, 5) is 2.53. The minimum atomic E-state index is -0.393. The van der Waals surface area contributed by atoms with E-state index in [1.807, 2.05) is 0 Å². The van der Waals surface area contributed by atoms with Crippen LogP contribution in [0.25, 0.3) is 0 Å². The average Bonchev–Trinajstić information content (AvgIpc) is 2.98. The van der Waals surface area contributed by atoms with Crippen LogP contribution in [0.1, 0.15) is 62.3 Å². The second-order valence-electron chi connectivity index (χ2n) is 6.27. The van der Waals surface area contributed by atoms with E-state index in [9.17, 15) is 5.11 Å². The Hall–Kier alpha value is -0.860. The van der Waals surface area contributed by atoms with Crippen molar-refractivity contribution in [1.82, 2.24) is 4.90 Å². The Kier molecular flexibility index (Phi) is 4.87. The van der Waals surface area contributed by atoms with Gasteiger partial charge in [0.15, 0.2) is 0 Å². The van der Waals surface area contributed by atoms with E-state index >= 15 is 0 Å². The molecule has 1 saturated heterocycles. The van der Waals surface area contributed by atoms with Crippen molar-refractivity contribution in [2.75, 3.05) is 13.1 Å². The zero-order chi connectivity index (χ0) is 14.8. The van der Waals surface area contributed by atoms with Crippen molar-refractivity contribution >= 4 is 0 Å². The Bertz CT molecular complexity index is 445. The van der Waals surface area contributed by atoms with Crippen molar-refractivity contribution in [2.45, 2.75) is 65.0 Å². The lowest BCUT2D eigenvalue weighted by molar-refractivity contribution is -0.0298. The third-order valence-electron chi connectivity index (χ3n) is 5.20. The van der Waals surface area contributed by atoms with Gasteiger partial charge in [0.2, 0.25) is 0 Å². The van der Waals surface area contributed by atoms with E-state index in [1.54, 1.807) is 0 Å². The largest absolute Gasteiger partial charge is 0.386 e. The second kappa shape index (κ2) is 6.28. The first-order chi connectivity index (χ1) is 9.55. The molecule has 0 bridgehead atoms. The van der Waals surface area contributed by atoms with Crippen molar-refractivity contribution in [1.29, 1.82) is 0 Å². The highest BCUT2D eigenvalue weighted by Crippen LogP contribution is 2.40. The molecule has 2 rings (SSSR count). The molecule has 1 atom stereocenters. The molecule has 1 aliphatic rings. The molecule has 0 saturated carbocycles. The van der Waals surface area contributed by atoms with Gasteiger partial charge in [0.25, 0.3) is 0 Å². The Morgan fingerprint density at radius 3 is 2.30 bits per heavy atom. The number of aliphatic hydroxyl groups is 1. The standard InChI is InChI=1S/C18H29NO/c1-5-18(6-2,19-11-7-8-12-19)17(20)16-13-14(3)9-10-15(16)4/h9-10,13,17,20H,5-8,11-12H2,1-4H3. The quantitative estimate of drug-likeness (QED) is 0.878. The van der Waals surface area contributed by atoms with Gasteiger partial charge in [-0.3, -0.25) is 4.90 Å². The number of nitrogens with zero attached hydrogens (tertiary/aromatic N) is 1. The van der Waals surface area contributed by atoms with Crippen LogP contribution in [0.4, 0.5) is 0 Å². The van der Waals surface area contributed by atoms with Crippen LogP contribution in [-0.2, 0) is 0 Å². The van der Waals surface area contributed by atoms with Crippen molar-refractivity contribution in [2.24, 2.45) is 0 Å². The lowest BCUT2D eigenvalue weighted by atomic mass is 9.79. The average molecular weight is 275 g/mol. The van der Waals surface area contributed by atoms with Crippen LogP contribution < -0.4 is 0 Å². The molecule has 1 aromatic carbocycles. The number of hydrogen-bond acceptors (Lipinski definition) is 2. The monoisotopic (exact) mass is 275 g/mol. The molecule has 0 spiro atoms. The Balaban J connectivity index is 2.39. The fourth-order valence-corrected chi connectivity index (χ4v) is 3.76. The van der Waals surface area contributed by atoms with Crippen LogP contribution in [0.2, 0.25) is 0 Å². The van der Waals surface area contributed by atoms with Crippen LogP contribution >= 0.6 is 0 Å². The van der Waals surface area contributed by atoms with Crippen molar-refractivity contribution < 1.29 is 5.11 Å². The van der Waals surface area contributed by atoms with Gasteiger partial charge in [0, 0.05) is 0 Å². The summed E-state index contributed by atoms with van der Waals surface area (Å²) in [5.74, 6) is 0. The topological polar surface area (TPSA) is 23.5 Å². The smallest absolute Gasteiger partial charge is 0.0976 e. The van der Waals surface area contributed by atoms with Crippen molar-refractivity contribution in [3.63, 3.8) is 0 Å². The number of likely N-dealkylation sites (tertiary alicyclic amines) is 1.